The minimum atomic E-state index is -2.87. The molecule has 0 spiro atoms. The number of para-hydroxylation sites is 1. The van der Waals surface area contributed by atoms with Gasteiger partial charge in [0.15, 0.2) is 11.7 Å². The molecule has 36 heavy (non-hydrogen) atoms. The molecular weight excluding hydrogens is 476 g/mol. The summed E-state index contributed by atoms with van der Waals surface area (Å²) in [6.45, 7) is 7.24. The zero-order chi connectivity index (χ0) is 26.1. The van der Waals surface area contributed by atoms with E-state index in [0.717, 1.165) is 5.69 Å². The molecule has 0 radical (unpaired) electrons. The number of Topliss-reactive ketones (excluding diaryl/α,β-unsaturated/α-hetero) is 2. The van der Waals surface area contributed by atoms with Gasteiger partial charge in [0.2, 0.25) is 5.78 Å². The molecule has 0 amide bonds. The highest BCUT2D eigenvalue weighted by atomic mass is 28.4. The number of hydrogen-bond donors (Lipinski definition) is 2. The van der Waals surface area contributed by atoms with Crippen molar-refractivity contribution < 1.29 is 22.9 Å². The Labute approximate surface area is 212 Å². The summed E-state index contributed by atoms with van der Waals surface area (Å²) in [4.78, 5) is 31.3. The van der Waals surface area contributed by atoms with Crippen LogP contribution < -0.4 is 11.1 Å². The number of carbonyl (C=O) groups excluding carboxylic acids is 2. The second kappa shape index (κ2) is 12.6. The summed E-state index contributed by atoms with van der Waals surface area (Å²) in [6.07, 6.45) is 0.508. The molecule has 190 valence electrons. The Bertz CT molecular complexity index is 1150. The predicted octanol–water partition coefficient (Wildman–Crippen LogP) is 4.41. The first-order chi connectivity index (χ1) is 17.4. The third-order valence-corrected chi connectivity index (χ3v) is 8.83. The van der Waals surface area contributed by atoms with E-state index in [-0.39, 0.29) is 29.1 Å². The number of nitrogens with zero attached hydrogens (tertiary/aromatic N) is 2. The first-order valence-corrected chi connectivity index (χ1v) is 14.0. The molecule has 1 unspecified atom stereocenters. The van der Waals surface area contributed by atoms with Gasteiger partial charge >= 0.3 is 8.80 Å². The smallest absolute Gasteiger partial charge is 0.398 e. The van der Waals surface area contributed by atoms with Crippen molar-refractivity contribution in [1.29, 1.82) is 5.26 Å². The molecule has 1 aliphatic carbocycles. The van der Waals surface area contributed by atoms with Gasteiger partial charge < -0.3 is 24.3 Å². The Balaban J connectivity index is 1.90. The van der Waals surface area contributed by atoms with E-state index in [4.69, 9.17) is 19.0 Å². The summed E-state index contributed by atoms with van der Waals surface area (Å²) < 4.78 is 17.6. The van der Waals surface area contributed by atoms with Gasteiger partial charge in [-0.2, -0.15) is 5.26 Å². The van der Waals surface area contributed by atoms with Crippen LogP contribution >= 0.6 is 0 Å². The third kappa shape index (κ3) is 5.88. The minimum Gasteiger partial charge on any atom is -0.398 e. The van der Waals surface area contributed by atoms with Gasteiger partial charge in [-0.25, -0.2) is 0 Å². The molecule has 3 N–H and O–H groups in total. The fraction of sp³-hybridized carbons (Fsp3) is 0.385. The predicted molar refractivity (Wildman–Crippen MR) is 141 cm³/mol. The van der Waals surface area contributed by atoms with Crippen LogP contribution in [0.2, 0.25) is 6.04 Å². The van der Waals surface area contributed by atoms with Crippen molar-refractivity contribution in [1.82, 2.24) is 0 Å². The molecule has 0 saturated carbocycles. The third-order valence-electron chi connectivity index (χ3n) is 5.68. The van der Waals surface area contributed by atoms with E-state index in [9.17, 15) is 14.9 Å². The highest BCUT2D eigenvalue weighted by molar-refractivity contribution is 6.60. The van der Waals surface area contributed by atoms with E-state index in [1.807, 2.05) is 57.2 Å². The van der Waals surface area contributed by atoms with Gasteiger partial charge in [-0.15, -0.1) is 0 Å². The van der Waals surface area contributed by atoms with Crippen LogP contribution in [0.1, 0.15) is 47.9 Å². The van der Waals surface area contributed by atoms with Crippen molar-refractivity contribution in [2.75, 3.05) is 37.4 Å². The van der Waals surface area contributed by atoms with Crippen LogP contribution in [-0.2, 0) is 13.3 Å². The Morgan fingerprint density at radius 2 is 1.64 bits per heavy atom. The van der Waals surface area contributed by atoms with Crippen molar-refractivity contribution in [3.63, 3.8) is 0 Å². The number of ketones is 2. The van der Waals surface area contributed by atoms with Gasteiger partial charge in [-0.1, -0.05) is 18.2 Å². The maximum Gasteiger partial charge on any atom is 0.500 e. The number of benzene rings is 2. The van der Waals surface area contributed by atoms with Crippen LogP contribution in [0, 0.1) is 17.2 Å². The number of aliphatic imine (C=N–C) groups is 1. The summed E-state index contributed by atoms with van der Waals surface area (Å²) >= 11 is 0. The summed E-state index contributed by atoms with van der Waals surface area (Å²) in [5.41, 5.74) is 7.54. The molecule has 9 nitrogen and oxygen atoms in total. The SMILES string of the molecule is CCO[Si](CCCN=C1C(=O)c2c(Nc3ccccc3)ccc(N)c2C(=O)C1C#N)(OCC)OCC. The number of hydrogen-bond acceptors (Lipinski definition) is 9. The zero-order valence-electron chi connectivity index (χ0n) is 20.9. The molecule has 3 rings (SSSR count). The fourth-order valence-corrected chi connectivity index (χ4v) is 6.80. The van der Waals surface area contributed by atoms with Gasteiger partial charge in [0.1, 0.15) is 5.71 Å². The summed E-state index contributed by atoms with van der Waals surface area (Å²) in [5, 5.41) is 12.9. The molecule has 0 bridgehead atoms. The number of fused-ring (bicyclic) bond motifs is 1. The zero-order valence-corrected chi connectivity index (χ0v) is 21.9. The maximum absolute atomic E-state index is 13.6. The molecule has 2 aromatic carbocycles. The standard InChI is InChI=1S/C26H32N4O5Si/c1-4-33-36(34-5-2,35-6-3)16-10-15-29-24-19(17-27)25(31)22-20(28)13-14-21(23(22)26(24)32)30-18-11-8-7-9-12-18/h7-9,11-14,19,30H,4-6,10,15-16,28H2,1-3H3. The van der Waals surface area contributed by atoms with Crippen molar-refractivity contribution in [2.45, 2.75) is 33.2 Å². The van der Waals surface area contributed by atoms with Crippen LogP contribution in [0.4, 0.5) is 17.1 Å². The Kier molecular flexibility index (Phi) is 9.49. The maximum atomic E-state index is 13.6. The fourth-order valence-electron chi connectivity index (χ4n) is 4.21. The van der Waals surface area contributed by atoms with Crippen LogP contribution in [-0.4, -0.2) is 52.4 Å². The summed E-state index contributed by atoms with van der Waals surface area (Å²) in [7, 11) is -2.87. The van der Waals surface area contributed by atoms with E-state index in [0.29, 0.717) is 38.0 Å². The monoisotopic (exact) mass is 508 g/mol. The van der Waals surface area contributed by atoms with E-state index in [2.05, 4.69) is 10.3 Å². The molecule has 0 fully saturated rings. The van der Waals surface area contributed by atoms with Crippen molar-refractivity contribution in [2.24, 2.45) is 10.9 Å². The molecular formula is C26H32N4O5Si. The lowest BCUT2D eigenvalue weighted by atomic mass is 9.79. The molecule has 1 aliphatic rings. The quantitative estimate of drug-likeness (QED) is 0.244. The topological polar surface area (TPSA) is 136 Å². The number of rotatable bonds is 12. The lowest BCUT2D eigenvalue weighted by Gasteiger charge is -2.28. The number of carbonyl (C=O) groups is 2. The number of anilines is 3. The van der Waals surface area contributed by atoms with E-state index >= 15 is 0 Å². The average molecular weight is 509 g/mol. The Morgan fingerprint density at radius 1 is 1.00 bits per heavy atom. The van der Waals surface area contributed by atoms with E-state index in [1.165, 1.54) is 0 Å². The van der Waals surface area contributed by atoms with Gasteiger partial charge in [-0.3, -0.25) is 14.6 Å². The van der Waals surface area contributed by atoms with Gasteiger partial charge in [0.25, 0.3) is 0 Å². The molecule has 1 atom stereocenters. The molecule has 0 heterocycles. The number of nitriles is 1. The van der Waals surface area contributed by atoms with Crippen molar-refractivity contribution >= 4 is 43.1 Å². The highest BCUT2D eigenvalue weighted by Crippen LogP contribution is 2.35. The molecule has 0 saturated heterocycles. The molecule has 0 aromatic heterocycles. The number of nitrogens with two attached hydrogens (primary N) is 1. The van der Waals surface area contributed by atoms with Gasteiger partial charge in [0, 0.05) is 43.8 Å². The summed E-state index contributed by atoms with van der Waals surface area (Å²) in [6, 6.07) is 14.9. The molecule has 10 heteroatoms. The highest BCUT2D eigenvalue weighted by Gasteiger charge is 2.42. The van der Waals surface area contributed by atoms with Gasteiger partial charge in [0.05, 0.1) is 22.9 Å². The normalized spacial score (nSPS) is 16.6. The summed E-state index contributed by atoms with van der Waals surface area (Å²) in [5.74, 6) is -2.32. The Morgan fingerprint density at radius 3 is 2.22 bits per heavy atom. The minimum absolute atomic E-state index is 0.0573. The first kappa shape index (κ1) is 27.2. The van der Waals surface area contributed by atoms with Crippen molar-refractivity contribution in [3.05, 3.63) is 53.6 Å². The van der Waals surface area contributed by atoms with Gasteiger partial charge in [-0.05, 0) is 51.5 Å². The van der Waals surface area contributed by atoms with Crippen molar-refractivity contribution in [3.8, 4) is 6.07 Å². The van der Waals surface area contributed by atoms with Crippen LogP contribution in [0.25, 0.3) is 0 Å². The van der Waals surface area contributed by atoms with Crippen LogP contribution in [0.5, 0.6) is 0 Å². The number of nitrogens with one attached hydrogen (secondary N) is 1. The second-order valence-corrected chi connectivity index (χ2v) is 10.8. The number of nitrogen functional groups attached to an aromatic ring is 1. The lowest BCUT2D eigenvalue weighted by Crippen LogP contribution is -2.46. The second-order valence-electron chi connectivity index (χ2n) is 8.05. The Hall–Kier alpha value is -3.36. The average Bonchev–Trinajstić information content (AvgIpc) is 2.86. The molecule has 2 aromatic rings. The van der Waals surface area contributed by atoms with Crippen LogP contribution in [0.3, 0.4) is 0 Å². The lowest BCUT2D eigenvalue weighted by molar-refractivity contribution is 0.0709. The largest absolute Gasteiger partial charge is 0.500 e. The first-order valence-electron chi connectivity index (χ1n) is 12.1. The van der Waals surface area contributed by atoms with E-state index in [1.54, 1.807) is 12.1 Å². The van der Waals surface area contributed by atoms with E-state index < -0.39 is 26.3 Å². The molecule has 0 aliphatic heterocycles. The van der Waals surface area contributed by atoms with Crippen LogP contribution in [0.15, 0.2) is 47.5 Å².